The molecule has 0 N–H and O–H groups in total. The van der Waals surface area contributed by atoms with Gasteiger partial charge >= 0.3 is 0 Å². The second kappa shape index (κ2) is 9.34. The Bertz CT molecular complexity index is 83.9. The highest BCUT2D eigenvalue weighted by molar-refractivity contribution is 6.17. The fourth-order valence-electron chi connectivity index (χ4n) is 0.971. The molecule has 0 amide bonds. The van der Waals surface area contributed by atoms with Crippen molar-refractivity contribution in [3.8, 4) is 0 Å². The van der Waals surface area contributed by atoms with Crippen molar-refractivity contribution >= 4 is 11.6 Å². The first-order chi connectivity index (χ1) is 5.77. The number of hydrogen-bond acceptors (Lipinski definition) is 1. The molecule has 0 saturated heterocycles. The van der Waals surface area contributed by atoms with E-state index in [-0.39, 0.29) is 0 Å². The van der Waals surface area contributed by atoms with Gasteiger partial charge in [-0.3, -0.25) is 0 Å². The van der Waals surface area contributed by atoms with Gasteiger partial charge in [-0.05, 0) is 18.8 Å². The zero-order valence-electron chi connectivity index (χ0n) is 8.31. The molecule has 0 aliphatic heterocycles. The molecule has 0 heterocycles. The lowest BCUT2D eigenvalue weighted by Crippen LogP contribution is -2.02. The second-order valence-corrected chi connectivity index (χ2v) is 3.95. The first-order valence-corrected chi connectivity index (χ1v) is 5.44. The summed E-state index contributed by atoms with van der Waals surface area (Å²) >= 11 is 5.55. The Morgan fingerprint density at radius 3 is 2.33 bits per heavy atom. The average molecular weight is 193 g/mol. The Hall–Kier alpha value is 0.250. The van der Waals surface area contributed by atoms with Crippen LogP contribution in [-0.4, -0.2) is 19.1 Å². The minimum Gasteiger partial charge on any atom is -0.381 e. The molecular formula is C10H21ClO. The fourth-order valence-corrected chi connectivity index (χ4v) is 1.16. The highest BCUT2D eigenvalue weighted by atomic mass is 35.5. The first kappa shape index (κ1) is 12.2. The molecule has 0 aromatic rings. The van der Waals surface area contributed by atoms with Gasteiger partial charge in [0.25, 0.3) is 0 Å². The van der Waals surface area contributed by atoms with Crippen LogP contribution in [0.25, 0.3) is 0 Å². The summed E-state index contributed by atoms with van der Waals surface area (Å²) < 4.78 is 5.44. The van der Waals surface area contributed by atoms with Crippen LogP contribution in [0.2, 0.25) is 0 Å². The lowest BCUT2D eigenvalue weighted by Gasteiger charge is -2.05. The molecule has 74 valence electrons. The Morgan fingerprint density at radius 2 is 1.75 bits per heavy atom. The molecule has 0 rings (SSSR count). The van der Waals surface area contributed by atoms with Crippen molar-refractivity contribution in [3.05, 3.63) is 0 Å². The Balaban J connectivity index is 2.82. The molecule has 2 heteroatoms. The van der Waals surface area contributed by atoms with E-state index < -0.39 is 0 Å². The van der Waals surface area contributed by atoms with Crippen molar-refractivity contribution in [2.45, 2.75) is 39.5 Å². The van der Waals surface area contributed by atoms with E-state index in [1.807, 2.05) is 0 Å². The predicted octanol–water partition coefficient (Wildman–Crippen LogP) is 3.46. The molecule has 0 spiro atoms. The van der Waals surface area contributed by atoms with Crippen molar-refractivity contribution < 1.29 is 4.74 Å². The lowest BCUT2D eigenvalue weighted by molar-refractivity contribution is 0.106. The molecular weight excluding hydrogens is 172 g/mol. The fraction of sp³-hybridized carbons (Fsp3) is 1.00. The largest absolute Gasteiger partial charge is 0.381 e. The van der Waals surface area contributed by atoms with Crippen molar-refractivity contribution in [1.82, 2.24) is 0 Å². The van der Waals surface area contributed by atoms with Crippen LogP contribution in [0.15, 0.2) is 0 Å². The van der Waals surface area contributed by atoms with Gasteiger partial charge in [0, 0.05) is 19.1 Å². The third kappa shape index (κ3) is 10.2. The van der Waals surface area contributed by atoms with Gasteiger partial charge in [-0.25, -0.2) is 0 Å². The number of unbranched alkanes of at least 4 members (excludes halogenated alkanes) is 3. The van der Waals surface area contributed by atoms with E-state index in [0.29, 0.717) is 5.92 Å². The number of halogens is 1. The van der Waals surface area contributed by atoms with Gasteiger partial charge in [0.2, 0.25) is 0 Å². The molecule has 0 fully saturated rings. The normalized spacial score (nSPS) is 11.0. The maximum absolute atomic E-state index is 5.55. The van der Waals surface area contributed by atoms with Gasteiger partial charge in [0.15, 0.2) is 0 Å². The topological polar surface area (TPSA) is 9.23 Å². The molecule has 1 nitrogen and oxygen atoms in total. The zero-order chi connectivity index (χ0) is 9.23. The molecule has 0 radical (unpaired) electrons. The first-order valence-electron chi connectivity index (χ1n) is 4.91. The number of alkyl halides is 1. The van der Waals surface area contributed by atoms with Gasteiger partial charge < -0.3 is 4.74 Å². The number of hydrogen-bond donors (Lipinski definition) is 0. The predicted molar refractivity (Wildman–Crippen MR) is 54.8 cm³/mol. The van der Waals surface area contributed by atoms with Crippen LogP contribution < -0.4 is 0 Å². The van der Waals surface area contributed by atoms with Crippen LogP contribution in [0, 0.1) is 5.92 Å². The molecule has 0 aliphatic rings. The molecule has 0 atom stereocenters. The maximum Gasteiger partial charge on any atom is 0.0488 e. The lowest BCUT2D eigenvalue weighted by atomic mass is 10.2. The number of rotatable bonds is 8. The maximum atomic E-state index is 5.55. The van der Waals surface area contributed by atoms with Crippen molar-refractivity contribution in [2.75, 3.05) is 19.1 Å². The van der Waals surface area contributed by atoms with Gasteiger partial charge in [0.1, 0.15) is 0 Å². The van der Waals surface area contributed by atoms with E-state index >= 15 is 0 Å². The van der Waals surface area contributed by atoms with E-state index in [2.05, 4.69) is 13.8 Å². The third-order valence-electron chi connectivity index (χ3n) is 1.62. The van der Waals surface area contributed by atoms with Crippen LogP contribution in [0.3, 0.4) is 0 Å². The molecule has 0 saturated carbocycles. The van der Waals surface area contributed by atoms with E-state index in [4.69, 9.17) is 16.3 Å². The summed E-state index contributed by atoms with van der Waals surface area (Å²) in [6.07, 6.45) is 4.83. The van der Waals surface area contributed by atoms with Gasteiger partial charge in [-0.1, -0.05) is 26.7 Å². The summed E-state index contributed by atoms with van der Waals surface area (Å²) in [5.74, 6) is 1.46. The summed E-state index contributed by atoms with van der Waals surface area (Å²) in [4.78, 5) is 0. The van der Waals surface area contributed by atoms with E-state index in [9.17, 15) is 0 Å². The summed E-state index contributed by atoms with van der Waals surface area (Å²) in [5, 5.41) is 0. The van der Waals surface area contributed by atoms with Crippen molar-refractivity contribution in [1.29, 1.82) is 0 Å². The van der Waals surface area contributed by atoms with Crippen LogP contribution >= 0.6 is 11.6 Å². The SMILES string of the molecule is CC(C)COCCCCCCCl. The highest BCUT2D eigenvalue weighted by Gasteiger charge is 1.93. The summed E-state index contributed by atoms with van der Waals surface area (Å²) in [6, 6.07) is 0. The zero-order valence-corrected chi connectivity index (χ0v) is 9.07. The summed E-state index contributed by atoms with van der Waals surface area (Å²) in [7, 11) is 0. The Morgan fingerprint density at radius 1 is 1.08 bits per heavy atom. The van der Waals surface area contributed by atoms with Gasteiger partial charge in [-0.2, -0.15) is 0 Å². The van der Waals surface area contributed by atoms with Crippen molar-refractivity contribution in [3.63, 3.8) is 0 Å². The van der Waals surface area contributed by atoms with Gasteiger partial charge in [-0.15, -0.1) is 11.6 Å². The monoisotopic (exact) mass is 192 g/mol. The number of ether oxygens (including phenoxy) is 1. The molecule has 0 aromatic carbocycles. The van der Waals surface area contributed by atoms with E-state index in [1.54, 1.807) is 0 Å². The Labute approximate surface area is 81.4 Å². The van der Waals surface area contributed by atoms with Gasteiger partial charge in [0.05, 0.1) is 0 Å². The molecule has 0 unspecified atom stereocenters. The molecule has 0 aliphatic carbocycles. The van der Waals surface area contributed by atoms with E-state index in [0.717, 1.165) is 25.5 Å². The quantitative estimate of drug-likeness (QED) is 0.423. The van der Waals surface area contributed by atoms with E-state index in [1.165, 1.54) is 19.3 Å². The highest BCUT2D eigenvalue weighted by Crippen LogP contribution is 2.02. The standard InChI is InChI=1S/C10H21ClO/c1-10(2)9-12-8-6-4-3-5-7-11/h10H,3-9H2,1-2H3. The molecule has 12 heavy (non-hydrogen) atoms. The van der Waals surface area contributed by atoms with Crippen LogP contribution in [0.4, 0.5) is 0 Å². The minimum atomic E-state index is 0.660. The minimum absolute atomic E-state index is 0.660. The second-order valence-electron chi connectivity index (χ2n) is 3.57. The summed E-state index contributed by atoms with van der Waals surface area (Å²) in [6.45, 7) is 6.16. The Kier molecular flexibility index (Phi) is 9.53. The van der Waals surface area contributed by atoms with Crippen LogP contribution in [-0.2, 0) is 4.74 Å². The average Bonchev–Trinajstić information content (AvgIpc) is 2.02. The van der Waals surface area contributed by atoms with Crippen molar-refractivity contribution in [2.24, 2.45) is 5.92 Å². The molecule has 0 bridgehead atoms. The smallest absolute Gasteiger partial charge is 0.0488 e. The van der Waals surface area contributed by atoms with Crippen LogP contribution in [0.1, 0.15) is 39.5 Å². The third-order valence-corrected chi connectivity index (χ3v) is 1.89. The van der Waals surface area contributed by atoms with Crippen LogP contribution in [0.5, 0.6) is 0 Å². The molecule has 0 aromatic heterocycles. The summed E-state index contributed by atoms with van der Waals surface area (Å²) in [5.41, 5.74) is 0.